The first kappa shape index (κ1) is 21.6. The van der Waals surface area contributed by atoms with Crippen LogP contribution in [0.25, 0.3) is 6.08 Å². The van der Waals surface area contributed by atoms with E-state index in [-0.39, 0.29) is 12.2 Å². The largest absolute Gasteiger partial charge is 0.489 e. The third-order valence-corrected chi connectivity index (χ3v) is 5.35. The number of urea groups is 1. The first-order valence-corrected chi connectivity index (χ1v) is 10.3. The molecule has 1 aliphatic heterocycles. The number of anilines is 1. The summed E-state index contributed by atoms with van der Waals surface area (Å²) in [5.74, 6) is -0.948. The molecule has 0 aliphatic carbocycles. The highest BCUT2D eigenvalue weighted by Gasteiger charge is 2.36. The molecule has 0 bridgehead atoms. The van der Waals surface area contributed by atoms with Gasteiger partial charge in [-0.3, -0.25) is 14.9 Å². The van der Waals surface area contributed by atoms with Crippen LogP contribution in [-0.2, 0) is 16.2 Å². The van der Waals surface area contributed by atoms with Gasteiger partial charge < -0.3 is 4.74 Å². The summed E-state index contributed by atoms with van der Waals surface area (Å²) in [6.45, 7) is 0.268. The van der Waals surface area contributed by atoms with Crippen LogP contribution in [0.1, 0.15) is 11.1 Å². The van der Waals surface area contributed by atoms with Crippen molar-refractivity contribution in [1.29, 1.82) is 0 Å². The van der Waals surface area contributed by atoms with Crippen molar-refractivity contribution in [2.75, 3.05) is 4.90 Å². The molecular formula is C24H16Cl2N2O4. The van der Waals surface area contributed by atoms with Crippen molar-refractivity contribution in [1.82, 2.24) is 5.32 Å². The van der Waals surface area contributed by atoms with Gasteiger partial charge in [-0.15, -0.1) is 0 Å². The molecule has 1 heterocycles. The molecule has 3 aromatic carbocycles. The Balaban J connectivity index is 1.53. The first-order valence-electron chi connectivity index (χ1n) is 9.55. The van der Waals surface area contributed by atoms with E-state index in [4.69, 9.17) is 27.9 Å². The smallest absolute Gasteiger partial charge is 0.335 e. The molecule has 4 rings (SSSR count). The van der Waals surface area contributed by atoms with E-state index < -0.39 is 17.8 Å². The second kappa shape index (κ2) is 9.26. The molecule has 0 aromatic heterocycles. The normalized spacial score (nSPS) is 15.1. The Morgan fingerprint density at radius 2 is 1.56 bits per heavy atom. The van der Waals surface area contributed by atoms with Crippen molar-refractivity contribution >= 4 is 52.8 Å². The Labute approximate surface area is 194 Å². The van der Waals surface area contributed by atoms with Gasteiger partial charge in [0.15, 0.2) is 0 Å². The highest BCUT2D eigenvalue weighted by Crippen LogP contribution is 2.25. The predicted molar refractivity (Wildman–Crippen MR) is 123 cm³/mol. The average molecular weight is 467 g/mol. The second-order valence-electron chi connectivity index (χ2n) is 6.88. The predicted octanol–water partition coefficient (Wildman–Crippen LogP) is 5.24. The van der Waals surface area contributed by atoms with Gasteiger partial charge in [-0.05, 0) is 54.1 Å². The molecule has 0 spiro atoms. The number of nitrogens with one attached hydrogen (secondary N) is 1. The van der Waals surface area contributed by atoms with Gasteiger partial charge in [0.25, 0.3) is 11.8 Å². The van der Waals surface area contributed by atoms with Gasteiger partial charge in [-0.1, -0.05) is 53.5 Å². The third kappa shape index (κ3) is 4.66. The molecule has 0 radical (unpaired) electrons. The van der Waals surface area contributed by atoms with Crippen LogP contribution in [-0.4, -0.2) is 17.8 Å². The topological polar surface area (TPSA) is 75.7 Å². The van der Waals surface area contributed by atoms with Gasteiger partial charge in [0.2, 0.25) is 0 Å². The number of halogens is 2. The average Bonchev–Trinajstić information content (AvgIpc) is 2.78. The Kier molecular flexibility index (Phi) is 6.25. The lowest BCUT2D eigenvalue weighted by Gasteiger charge is -2.26. The van der Waals surface area contributed by atoms with E-state index in [1.54, 1.807) is 54.6 Å². The summed E-state index contributed by atoms with van der Waals surface area (Å²) in [7, 11) is 0. The number of carbonyl (C=O) groups is 3. The van der Waals surface area contributed by atoms with Gasteiger partial charge >= 0.3 is 6.03 Å². The highest BCUT2D eigenvalue weighted by atomic mass is 35.5. The fourth-order valence-electron chi connectivity index (χ4n) is 3.09. The van der Waals surface area contributed by atoms with E-state index in [0.717, 1.165) is 10.5 Å². The van der Waals surface area contributed by atoms with Crippen molar-refractivity contribution in [3.63, 3.8) is 0 Å². The van der Waals surface area contributed by atoms with Crippen LogP contribution < -0.4 is 15.0 Å². The lowest BCUT2D eigenvalue weighted by Crippen LogP contribution is -2.54. The van der Waals surface area contributed by atoms with Gasteiger partial charge in [0.05, 0.1) is 5.69 Å². The summed E-state index contributed by atoms with van der Waals surface area (Å²) in [5.41, 5.74) is 1.57. The molecule has 8 heteroatoms. The zero-order valence-corrected chi connectivity index (χ0v) is 18.1. The minimum atomic E-state index is -0.821. The number of amides is 4. The number of ether oxygens (including phenoxy) is 1. The fourth-order valence-corrected chi connectivity index (χ4v) is 3.40. The van der Waals surface area contributed by atoms with Crippen LogP contribution >= 0.6 is 23.2 Å². The molecular weight excluding hydrogens is 451 g/mol. The number of nitrogens with zero attached hydrogens (tertiary/aromatic N) is 1. The molecule has 0 saturated carbocycles. The first-order chi connectivity index (χ1) is 15.4. The molecule has 1 N–H and O–H groups in total. The lowest BCUT2D eigenvalue weighted by atomic mass is 10.1. The van der Waals surface area contributed by atoms with Crippen molar-refractivity contribution in [3.05, 3.63) is 99.5 Å². The number of hydrogen-bond donors (Lipinski definition) is 1. The SMILES string of the molecule is O=C1NC(=O)N(c2ccc(OCc3ccccc3Cl)cc2)C(=O)/C1=C/c1ccc(Cl)cc1. The van der Waals surface area contributed by atoms with Crippen LogP contribution in [0.15, 0.2) is 78.4 Å². The van der Waals surface area contributed by atoms with Crippen molar-refractivity contribution in [2.24, 2.45) is 0 Å². The van der Waals surface area contributed by atoms with Gasteiger partial charge in [-0.25, -0.2) is 9.69 Å². The zero-order chi connectivity index (χ0) is 22.7. The molecule has 32 heavy (non-hydrogen) atoms. The number of hydrogen-bond acceptors (Lipinski definition) is 4. The molecule has 6 nitrogen and oxygen atoms in total. The van der Waals surface area contributed by atoms with Crippen LogP contribution in [0.2, 0.25) is 10.0 Å². The van der Waals surface area contributed by atoms with E-state index in [0.29, 0.717) is 27.0 Å². The summed E-state index contributed by atoms with van der Waals surface area (Å²) in [6, 6.07) is 19.5. The number of benzene rings is 3. The second-order valence-corrected chi connectivity index (χ2v) is 7.73. The number of imide groups is 2. The van der Waals surface area contributed by atoms with Crippen molar-refractivity contribution in [2.45, 2.75) is 6.61 Å². The van der Waals surface area contributed by atoms with Crippen LogP contribution in [0.5, 0.6) is 5.75 Å². The Bertz CT molecular complexity index is 1220. The Morgan fingerprint density at radius 1 is 0.875 bits per heavy atom. The van der Waals surface area contributed by atoms with Gasteiger partial charge in [0, 0.05) is 15.6 Å². The maximum atomic E-state index is 13.0. The highest BCUT2D eigenvalue weighted by molar-refractivity contribution is 6.39. The van der Waals surface area contributed by atoms with E-state index >= 15 is 0 Å². The quantitative estimate of drug-likeness (QED) is 0.412. The van der Waals surface area contributed by atoms with E-state index in [2.05, 4.69) is 5.32 Å². The maximum Gasteiger partial charge on any atom is 0.335 e. The van der Waals surface area contributed by atoms with Crippen molar-refractivity contribution < 1.29 is 19.1 Å². The van der Waals surface area contributed by atoms with Crippen molar-refractivity contribution in [3.8, 4) is 5.75 Å². The zero-order valence-electron chi connectivity index (χ0n) is 16.5. The molecule has 0 atom stereocenters. The Hall–Kier alpha value is -3.61. The Morgan fingerprint density at radius 3 is 2.25 bits per heavy atom. The lowest BCUT2D eigenvalue weighted by molar-refractivity contribution is -0.122. The minimum absolute atomic E-state index is 0.161. The monoisotopic (exact) mass is 466 g/mol. The van der Waals surface area contributed by atoms with E-state index in [1.165, 1.54) is 6.08 Å². The van der Waals surface area contributed by atoms with Gasteiger partial charge in [-0.2, -0.15) is 0 Å². The molecule has 0 unspecified atom stereocenters. The standard InChI is InChI=1S/C24H16Cl2N2O4/c25-17-7-5-15(6-8-17)13-20-22(29)27-24(31)28(23(20)30)18-9-11-19(12-10-18)32-14-16-3-1-2-4-21(16)26/h1-13H,14H2,(H,27,29,31)/b20-13+. The summed E-state index contributed by atoms with van der Waals surface area (Å²) in [5, 5.41) is 3.32. The van der Waals surface area contributed by atoms with E-state index in [9.17, 15) is 14.4 Å². The number of carbonyl (C=O) groups excluding carboxylic acids is 3. The molecule has 1 saturated heterocycles. The maximum absolute atomic E-state index is 13.0. The fraction of sp³-hybridized carbons (Fsp3) is 0.0417. The van der Waals surface area contributed by atoms with E-state index in [1.807, 2.05) is 18.2 Å². The molecule has 3 aromatic rings. The minimum Gasteiger partial charge on any atom is -0.489 e. The third-order valence-electron chi connectivity index (χ3n) is 4.73. The number of rotatable bonds is 5. The van der Waals surface area contributed by atoms with Crippen LogP contribution in [0, 0.1) is 0 Å². The summed E-state index contributed by atoms with van der Waals surface area (Å²) in [6.07, 6.45) is 1.41. The van der Waals surface area contributed by atoms with Gasteiger partial charge in [0.1, 0.15) is 17.9 Å². The molecule has 1 aliphatic rings. The van der Waals surface area contributed by atoms with Crippen LogP contribution in [0.4, 0.5) is 10.5 Å². The summed E-state index contributed by atoms with van der Waals surface area (Å²) < 4.78 is 5.73. The van der Waals surface area contributed by atoms with Crippen LogP contribution in [0.3, 0.4) is 0 Å². The summed E-state index contributed by atoms with van der Waals surface area (Å²) >= 11 is 12.0. The molecule has 4 amide bonds. The molecule has 160 valence electrons. The summed E-state index contributed by atoms with van der Waals surface area (Å²) in [4.78, 5) is 38.5. The molecule has 1 fully saturated rings. The number of barbiturate groups is 1.